The summed E-state index contributed by atoms with van der Waals surface area (Å²) in [6, 6.07) is 2.33. The Morgan fingerprint density at radius 2 is 2.28 bits per heavy atom. The molecule has 0 spiro atoms. The van der Waals surface area contributed by atoms with Crippen molar-refractivity contribution in [3.05, 3.63) is 16.1 Å². The molecule has 1 unspecified atom stereocenters. The molecule has 1 aromatic carbocycles. The van der Waals surface area contributed by atoms with Crippen molar-refractivity contribution in [3.8, 4) is 17.2 Å². The van der Waals surface area contributed by atoms with Crippen molar-refractivity contribution in [2.24, 2.45) is 0 Å². The molecule has 1 atom stereocenters. The molecule has 0 bridgehead atoms. The molecule has 0 radical (unpaired) electrons. The van der Waals surface area contributed by atoms with Crippen molar-refractivity contribution in [2.75, 3.05) is 13.3 Å². The molecule has 2 heterocycles. The number of rotatable bonds is 2. The van der Waals surface area contributed by atoms with E-state index in [-0.39, 0.29) is 12.5 Å². The Labute approximate surface area is 114 Å². The van der Waals surface area contributed by atoms with Crippen LogP contribution >= 0.6 is 15.9 Å². The molecule has 1 aromatic rings. The van der Waals surface area contributed by atoms with Gasteiger partial charge in [0, 0.05) is 11.6 Å². The first-order valence-electron chi connectivity index (χ1n) is 6.29. The van der Waals surface area contributed by atoms with Gasteiger partial charge in [0.15, 0.2) is 11.5 Å². The van der Waals surface area contributed by atoms with Gasteiger partial charge < -0.3 is 19.9 Å². The number of hydrogen-bond donors (Lipinski definition) is 2. The summed E-state index contributed by atoms with van der Waals surface area (Å²) in [6.07, 6.45) is 4.48. The predicted molar refractivity (Wildman–Crippen MR) is 71.3 cm³/mol. The molecule has 0 aliphatic carbocycles. The van der Waals surface area contributed by atoms with Gasteiger partial charge in [-0.1, -0.05) is 6.42 Å². The zero-order valence-electron chi connectivity index (χ0n) is 10.0. The largest absolute Gasteiger partial charge is 0.506 e. The summed E-state index contributed by atoms with van der Waals surface area (Å²) in [7, 11) is 0. The van der Waals surface area contributed by atoms with E-state index >= 15 is 0 Å². The molecule has 0 saturated carbocycles. The van der Waals surface area contributed by atoms with Gasteiger partial charge in [0.25, 0.3) is 0 Å². The molecule has 3 rings (SSSR count). The van der Waals surface area contributed by atoms with Gasteiger partial charge in [-0.25, -0.2) is 0 Å². The molecule has 5 heteroatoms. The van der Waals surface area contributed by atoms with Crippen LogP contribution in [0.2, 0.25) is 0 Å². The van der Waals surface area contributed by atoms with Crippen LogP contribution in [-0.4, -0.2) is 24.5 Å². The summed E-state index contributed by atoms with van der Waals surface area (Å²) in [4.78, 5) is 0. The maximum atomic E-state index is 10.2. The van der Waals surface area contributed by atoms with E-state index in [2.05, 4.69) is 21.2 Å². The van der Waals surface area contributed by atoms with Crippen LogP contribution in [-0.2, 0) is 6.42 Å². The van der Waals surface area contributed by atoms with Gasteiger partial charge >= 0.3 is 0 Å². The summed E-state index contributed by atoms with van der Waals surface area (Å²) in [6.45, 7) is 1.29. The zero-order valence-corrected chi connectivity index (χ0v) is 11.6. The number of piperidine rings is 1. The number of phenolic OH excluding ortho intramolecular Hbond substituents is 1. The molecule has 1 saturated heterocycles. The lowest BCUT2D eigenvalue weighted by Gasteiger charge is -2.24. The minimum absolute atomic E-state index is 0.221. The van der Waals surface area contributed by atoms with Crippen molar-refractivity contribution in [3.63, 3.8) is 0 Å². The number of ether oxygens (including phenoxy) is 2. The van der Waals surface area contributed by atoms with Crippen LogP contribution in [0.3, 0.4) is 0 Å². The highest BCUT2D eigenvalue weighted by atomic mass is 79.9. The normalized spacial score (nSPS) is 22.2. The lowest BCUT2D eigenvalue weighted by atomic mass is 9.97. The average Bonchev–Trinajstić information content (AvgIpc) is 2.85. The highest BCUT2D eigenvalue weighted by Crippen LogP contribution is 2.46. The van der Waals surface area contributed by atoms with E-state index in [1.165, 1.54) is 12.8 Å². The lowest BCUT2D eigenvalue weighted by molar-refractivity contribution is 0.173. The Hall–Kier alpha value is -0.940. The Morgan fingerprint density at radius 3 is 3.06 bits per heavy atom. The van der Waals surface area contributed by atoms with Crippen molar-refractivity contribution in [1.82, 2.24) is 5.32 Å². The van der Waals surface area contributed by atoms with Crippen LogP contribution in [0.5, 0.6) is 17.2 Å². The number of fused-ring (bicyclic) bond motifs is 1. The van der Waals surface area contributed by atoms with Crippen LogP contribution < -0.4 is 14.8 Å². The van der Waals surface area contributed by atoms with E-state index in [1.54, 1.807) is 0 Å². The van der Waals surface area contributed by atoms with Crippen molar-refractivity contribution in [1.29, 1.82) is 0 Å². The highest BCUT2D eigenvalue weighted by Gasteiger charge is 2.24. The second kappa shape index (κ2) is 4.97. The fraction of sp³-hybridized carbons (Fsp3) is 0.538. The van der Waals surface area contributed by atoms with Crippen LogP contribution in [0.15, 0.2) is 10.5 Å². The summed E-state index contributed by atoms with van der Waals surface area (Å²) in [5.74, 6) is 1.59. The van der Waals surface area contributed by atoms with Gasteiger partial charge in [-0.15, -0.1) is 0 Å². The summed E-state index contributed by atoms with van der Waals surface area (Å²) >= 11 is 3.37. The SMILES string of the molecule is Oc1c(CC2CCCCN2)cc2c(c1Br)OCO2. The minimum Gasteiger partial charge on any atom is -0.506 e. The van der Waals surface area contributed by atoms with Crippen molar-refractivity contribution < 1.29 is 14.6 Å². The Bertz CT molecular complexity index is 458. The van der Waals surface area contributed by atoms with Gasteiger partial charge in [-0.05, 0) is 47.8 Å². The van der Waals surface area contributed by atoms with E-state index in [0.29, 0.717) is 22.0 Å². The fourth-order valence-electron chi connectivity index (χ4n) is 2.56. The van der Waals surface area contributed by atoms with E-state index in [4.69, 9.17) is 9.47 Å². The smallest absolute Gasteiger partial charge is 0.231 e. The first-order valence-corrected chi connectivity index (χ1v) is 7.08. The quantitative estimate of drug-likeness (QED) is 0.881. The maximum Gasteiger partial charge on any atom is 0.231 e. The summed E-state index contributed by atoms with van der Waals surface area (Å²) < 4.78 is 11.3. The molecule has 0 aromatic heterocycles. The second-order valence-corrected chi connectivity index (χ2v) is 5.58. The maximum absolute atomic E-state index is 10.2. The molecule has 2 aliphatic heterocycles. The number of benzene rings is 1. The standard InChI is InChI=1S/C13H16BrNO3/c14-11-12(16)8(5-9-3-1-2-4-15-9)6-10-13(11)18-7-17-10/h6,9,15-16H,1-5,7H2. The zero-order chi connectivity index (χ0) is 12.5. The van der Waals surface area contributed by atoms with Crippen LogP contribution in [0.25, 0.3) is 0 Å². The van der Waals surface area contributed by atoms with E-state index in [0.717, 1.165) is 24.9 Å². The molecule has 2 aliphatic rings. The fourth-order valence-corrected chi connectivity index (χ4v) is 3.13. The molecule has 1 fully saturated rings. The number of phenols is 1. The first-order chi connectivity index (χ1) is 8.75. The Morgan fingerprint density at radius 1 is 1.39 bits per heavy atom. The lowest BCUT2D eigenvalue weighted by Crippen LogP contribution is -2.35. The second-order valence-electron chi connectivity index (χ2n) is 4.78. The number of nitrogens with one attached hydrogen (secondary N) is 1. The van der Waals surface area contributed by atoms with Crippen molar-refractivity contribution in [2.45, 2.75) is 31.7 Å². The minimum atomic E-state index is 0.221. The third-order valence-electron chi connectivity index (χ3n) is 3.54. The van der Waals surface area contributed by atoms with Crippen molar-refractivity contribution >= 4 is 15.9 Å². The average molecular weight is 314 g/mol. The van der Waals surface area contributed by atoms with Gasteiger partial charge in [-0.2, -0.15) is 0 Å². The molecular formula is C13H16BrNO3. The molecule has 2 N–H and O–H groups in total. The third kappa shape index (κ3) is 2.17. The van der Waals surface area contributed by atoms with E-state index < -0.39 is 0 Å². The first kappa shape index (κ1) is 12.1. The van der Waals surface area contributed by atoms with Gasteiger partial charge in [0.1, 0.15) is 10.2 Å². The van der Waals surface area contributed by atoms with Crippen LogP contribution in [0, 0.1) is 0 Å². The Balaban J connectivity index is 1.85. The number of aromatic hydroxyl groups is 1. The number of hydrogen-bond acceptors (Lipinski definition) is 4. The molecule has 0 amide bonds. The Kier molecular flexibility index (Phi) is 3.35. The summed E-state index contributed by atoms with van der Waals surface area (Å²) in [5, 5.41) is 13.7. The molecule has 4 nitrogen and oxygen atoms in total. The van der Waals surface area contributed by atoms with Gasteiger partial charge in [0.05, 0.1) is 0 Å². The number of halogens is 1. The molecule has 98 valence electrons. The van der Waals surface area contributed by atoms with E-state index in [9.17, 15) is 5.11 Å². The van der Waals surface area contributed by atoms with Gasteiger partial charge in [-0.3, -0.25) is 0 Å². The monoisotopic (exact) mass is 313 g/mol. The predicted octanol–water partition coefficient (Wildman–Crippen LogP) is 2.57. The van der Waals surface area contributed by atoms with Crippen LogP contribution in [0.1, 0.15) is 24.8 Å². The van der Waals surface area contributed by atoms with Gasteiger partial charge in [0.2, 0.25) is 6.79 Å². The highest BCUT2D eigenvalue weighted by molar-refractivity contribution is 9.10. The van der Waals surface area contributed by atoms with E-state index in [1.807, 2.05) is 6.07 Å². The van der Waals surface area contributed by atoms with Crippen LogP contribution in [0.4, 0.5) is 0 Å². The molecular weight excluding hydrogens is 298 g/mol. The summed E-state index contributed by atoms with van der Waals surface area (Å²) in [5.41, 5.74) is 0.908. The topological polar surface area (TPSA) is 50.7 Å². The third-order valence-corrected chi connectivity index (χ3v) is 4.27. The molecule has 18 heavy (non-hydrogen) atoms.